The fourth-order valence-electron chi connectivity index (χ4n) is 2.69. The summed E-state index contributed by atoms with van der Waals surface area (Å²) in [7, 11) is 2.09. The van der Waals surface area contributed by atoms with E-state index in [0.717, 1.165) is 38.9 Å². The summed E-state index contributed by atoms with van der Waals surface area (Å²) in [5.41, 5.74) is 0.511. The molecule has 1 aromatic rings. The number of carbonyl (C=O) groups excluding carboxylic acids is 1. The largest absolute Gasteiger partial charge is 0.349 e. The Hall–Kier alpha value is -1.11. The molecule has 2 atom stereocenters. The van der Waals surface area contributed by atoms with Crippen LogP contribution in [-0.4, -0.2) is 59.9 Å². The summed E-state index contributed by atoms with van der Waals surface area (Å²) < 4.78 is 1.92. The number of nitrogens with zero attached hydrogens (tertiary/aromatic N) is 3. The van der Waals surface area contributed by atoms with Crippen molar-refractivity contribution in [2.45, 2.75) is 45.2 Å². The smallest absolute Gasteiger partial charge is 0.271 e. The zero-order valence-corrected chi connectivity index (χ0v) is 15.2. The van der Waals surface area contributed by atoms with E-state index in [-0.39, 0.29) is 18.3 Å². The fraction of sp³-hybridized carbons (Fsp3) is 0.750. The van der Waals surface area contributed by atoms with Crippen LogP contribution in [0.3, 0.4) is 0 Å². The highest BCUT2D eigenvalue weighted by molar-refractivity contribution is 5.92. The molecule has 1 saturated heterocycles. The fourth-order valence-corrected chi connectivity index (χ4v) is 2.69. The molecule has 0 saturated carbocycles. The van der Waals surface area contributed by atoms with Crippen molar-refractivity contribution in [3.8, 4) is 0 Å². The lowest BCUT2D eigenvalue weighted by molar-refractivity contribution is 0.0941. The van der Waals surface area contributed by atoms with Gasteiger partial charge in [0.15, 0.2) is 0 Å². The maximum atomic E-state index is 12.1. The summed E-state index contributed by atoms with van der Waals surface area (Å²) in [5, 5.41) is 10.8. The van der Waals surface area contributed by atoms with Gasteiger partial charge in [-0.05, 0) is 45.8 Å². The molecule has 1 aliphatic heterocycles. The maximum absolute atomic E-state index is 12.1. The third-order valence-corrected chi connectivity index (χ3v) is 4.58. The zero-order valence-electron chi connectivity index (χ0n) is 14.4. The van der Waals surface area contributed by atoms with E-state index < -0.39 is 0 Å². The second-order valence-electron chi connectivity index (χ2n) is 6.17. The molecule has 0 aromatic carbocycles. The molecule has 2 unspecified atom stereocenters. The van der Waals surface area contributed by atoms with Crippen LogP contribution in [0.2, 0.25) is 0 Å². The minimum Gasteiger partial charge on any atom is -0.349 e. The molecule has 0 radical (unpaired) electrons. The van der Waals surface area contributed by atoms with Gasteiger partial charge in [0.05, 0.1) is 6.04 Å². The van der Waals surface area contributed by atoms with E-state index in [2.05, 4.69) is 41.5 Å². The quantitative estimate of drug-likeness (QED) is 0.791. The van der Waals surface area contributed by atoms with Gasteiger partial charge in [0.25, 0.3) is 5.91 Å². The number of aromatic nitrogens is 2. The molecule has 1 aromatic heterocycles. The summed E-state index contributed by atoms with van der Waals surface area (Å²) >= 11 is 0. The van der Waals surface area contributed by atoms with Crippen LogP contribution >= 0.6 is 12.4 Å². The topological polar surface area (TPSA) is 62.2 Å². The average Bonchev–Trinajstić information content (AvgIpc) is 3.04. The van der Waals surface area contributed by atoms with Crippen molar-refractivity contribution >= 4 is 18.3 Å². The van der Waals surface area contributed by atoms with Crippen LogP contribution in [0.4, 0.5) is 0 Å². The van der Waals surface area contributed by atoms with Crippen LogP contribution in [0.5, 0.6) is 0 Å². The number of likely N-dealkylation sites (N-methyl/N-ethyl adjacent to an activating group) is 1. The molecule has 0 bridgehead atoms. The van der Waals surface area contributed by atoms with Crippen molar-refractivity contribution in [1.29, 1.82) is 0 Å². The van der Waals surface area contributed by atoms with Crippen LogP contribution in [0.1, 0.15) is 49.6 Å². The predicted molar refractivity (Wildman–Crippen MR) is 95.3 cm³/mol. The Kier molecular flexibility index (Phi) is 8.58. The standard InChI is InChI=1S/C16H29N5O.ClH/c1-4-13(2)20(3)11-9-18-16(22)15-7-10-21(19-15)14-6-5-8-17-12-14;/h7,10,13-14,17H,4-6,8-9,11-12H2,1-3H3,(H,18,22);1H. The Morgan fingerprint density at radius 1 is 1.61 bits per heavy atom. The van der Waals surface area contributed by atoms with Crippen LogP contribution < -0.4 is 10.6 Å². The third kappa shape index (κ3) is 5.79. The minimum absolute atomic E-state index is 0. The number of hydrogen-bond acceptors (Lipinski definition) is 4. The number of nitrogens with one attached hydrogen (secondary N) is 2. The van der Waals surface area contributed by atoms with Gasteiger partial charge in [0.2, 0.25) is 0 Å². The molecule has 2 heterocycles. The second kappa shape index (κ2) is 9.90. The molecular weight excluding hydrogens is 314 g/mol. The first-order valence-corrected chi connectivity index (χ1v) is 8.36. The maximum Gasteiger partial charge on any atom is 0.271 e. The SMILES string of the molecule is CCC(C)N(C)CCNC(=O)c1ccn(C2CCCNC2)n1.Cl. The van der Waals surface area contributed by atoms with Gasteiger partial charge >= 0.3 is 0 Å². The molecule has 23 heavy (non-hydrogen) atoms. The molecular formula is C16H30ClN5O. The summed E-state index contributed by atoms with van der Waals surface area (Å²) in [6.45, 7) is 7.89. The monoisotopic (exact) mass is 343 g/mol. The van der Waals surface area contributed by atoms with Crippen LogP contribution in [0.25, 0.3) is 0 Å². The molecule has 1 amide bonds. The molecule has 1 aliphatic rings. The Morgan fingerprint density at radius 3 is 3.04 bits per heavy atom. The van der Waals surface area contributed by atoms with Crippen LogP contribution in [-0.2, 0) is 0 Å². The highest BCUT2D eigenvalue weighted by Crippen LogP contribution is 2.15. The number of carbonyl (C=O) groups is 1. The summed E-state index contributed by atoms with van der Waals surface area (Å²) in [5.74, 6) is -0.0833. The normalized spacial score (nSPS) is 19.2. The molecule has 132 valence electrons. The first-order chi connectivity index (χ1) is 10.6. The van der Waals surface area contributed by atoms with Gasteiger partial charge in [0, 0.05) is 31.9 Å². The van der Waals surface area contributed by atoms with Gasteiger partial charge in [-0.15, -0.1) is 12.4 Å². The van der Waals surface area contributed by atoms with Gasteiger partial charge in [0.1, 0.15) is 5.69 Å². The number of piperidine rings is 1. The molecule has 2 N–H and O–H groups in total. The highest BCUT2D eigenvalue weighted by Gasteiger charge is 2.17. The third-order valence-electron chi connectivity index (χ3n) is 4.58. The molecule has 7 heteroatoms. The molecule has 2 rings (SSSR count). The second-order valence-corrected chi connectivity index (χ2v) is 6.17. The average molecular weight is 344 g/mol. The minimum atomic E-state index is -0.0833. The van der Waals surface area contributed by atoms with E-state index in [9.17, 15) is 4.79 Å². The Morgan fingerprint density at radius 2 is 2.39 bits per heavy atom. The molecule has 0 aliphatic carbocycles. The highest BCUT2D eigenvalue weighted by atomic mass is 35.5. The van der Waals surface area contributed by atoms with Crippen LogP contribution in [0.15, 0.2) is 12.3 Å². The van der Waals surface area contributed by atoms with E-state index >= 15 is 0 Å². The molecule has 6 nitrogen and oxygen atoms in total. The van der Waals surface area contributed by atoms with Gasteiger partial charge in [-0.3, -0.25) is 9.48 Å². The Balaban J connectivity index is 0.00000264. The molecule has 0 spiro atoms. The van der Waals surface area contributed by atoms with Gasteiger partial charge < -0.3 is 15.5 Å². The van der Waals surface area contributed by atoms with Crippen molar-refractivity contribution in [3.05, 3.63) is 18.0 Å². The Bertz CT molecular complexity index is 473. The van der Waals surface area contributed by atoms with Gasteiger partial charge in [-0.25, -0.2) is 0 Å². The number of hydrogen-bond donors (Lipinski definition) is 2. The lowest BCUT2D eigenvalue weighted by Gasteiger charge is -2.23. The Labute approximate surface area is 145 Å². The zero-order chi connectivity index (χ0) is 15.9. The van der Waals surface area contributed by atoms with Crippen molar-refractivity contribution in [2.75, 3.05) is 33.2 Å². The summed E-state index contributed by atoms with van der Waals surface area (Å²) in [4.78, 5) is 14.4. The van der Waals surface area contributed by atoms with E-state index in [0.29, 0.717) is 24.3 Å². The van der Waals surface area contributed by atoms with Gasteiger partial charge in [-0.2, -0.15) is 5.10 Å². The van der Waals surface area contributed by atoms with Crippen molar-refractivity contribution in [2.24, 2.45) is 0 Å². The molecule has 1 fully saturated rings. The number of amides is 1. The van der Waals surface area contributed by atoms with Gasteiger partial charge in [-0.1, -0.05) is 6.92 Å². The van der Waals surface area contributed by atoms with Crippen molar-refractivity contribution < 1.29 is 4.79 Å². The lowest BCUT2D eigenvalue weighted by Crippen LogP contribution is -2.37. The van der Waals surface area contributed by atoms with E-state index in [1.165, 1.54) is 0 Å². The number of rotatable bonds is 7. The summed E-state index contributed by atoms with van der Waals surface area (Å²) in [6, 6.07) is 2.71. The first-order valence-electron chi connectivity index (χ1n) is 8.36. The number of halogens is 1. The lowest BCUT2D eigenvalue weighted by atomic mass is 10.1. The first kappa shape index (κ1) is 19.9. The van der Waals surface area contributed by atoms with Crippen molar-refractivity contribution in [1.82, 2.24) is 25.3 Å². The van der Waals surface area contributed by atoms with E-state index in [1.807, 2.05) is 16.9 Å². The predicted octanol–water partition coefficient (Wildman–Crippen LogP) is 1.69. The van der Waals surface area contributed by atoms with Crippen molar-refractivity contribution in [3.63, 3.8) is 0 Å². The van der Waals surface area contributed by atoms with Crippen LogP contribution in [0, 0.1) is 0 Å². The summed E-state index contributed by atoms with van der Waals surface area (Å²) in [6.07, 6.45) is 5.31. The van der Waals surface area contributed by atoms with E-state index in [1.54, 1.807) is 0 Å². The van der Waals surface area contributed by atoms with E-state index in [4.69, 9.17) is 0 Å².